The number of rotatable bonds is 8. The van der Waals surface area contributed by atoms with Crippen LogP contribution in [0.3, 0.4) is 0 Å². The maximum Gasteiger partial charge on any atom is 0.176 e. The van der Waals surface area contributed by atoms with Crippen molar-refractivity contribution in [2.24, 2.45) is 13.0 Å². The van der Waals surface area contributed by atoms with Crippen molar-refractivity contribution < 1.29 is 4.74 Å². The lowest BCUT2D eigenvalue weighted by Gasteiger charge is -2.26. The summed E-state index contributed by atoms with van der Waals surface area (Å²) in [5, 5.41) is 15.7. The number of nitrogens with one attached hydrogen (secondary N) is 1. The van der Waals surface area contributed by atoms with Gasteiger partial charge in [-0.1, -0.05) is 6.92 Å². The van der Waals surface area contributed by atoms with Gasteiger partial charge in [0.1, 0.15) is 0 Å². The lowest BCUT2D eigenvalue weighted by atomic mass is 10.0. The van der Waals surface area contributed by atoms with Gasteiger partial charge >= 0.3 is 0 Å². The third-order valence-corrected chi connectivity index (χ3v) is 3.26. The molecule has 6 heteroatoms. The molecule has 1 aromatic rings. The molecule has 18 heavy (non-hydrogen) atoms. The van der Waals surface area contributed by atoms with Crippen LogP contribution < -0.4 is 5.32 Å². The van der Waals surface area contributed by atoms with Gasteiger partial charge in [-0.15, -0.1) is 10.2 Å². The Bertz CT molecular complexity index is 363. The van der Waals surface area contributed by atoms with Crippen LogP contribution in [0.2, 0.25) is 0 Å². The molecular formula is C12H23N5O. The number of hydrogen-bond donors (Lipinski definition) is 1. The van der Waals surface area contributed by atoms with Crippen LogP contribution in [0.1, 0.15) is 32.5 Å². The molecular weight excluding hydrogens is 230 g/mol. The lowest BCUT2D eigenvalue weighted by molar-refractivity contribution is 0.0191. The van der Waals surface area contributed by atoms with Crippen LogP contribution in [0.4, 0.5) is 0 Å². The van der Waals surface area contributed by atoms with Crippen LogP contribution >= 0.6 is 0 Å². The van der Waals surface area contributed by atoms with Gasteiger partial charge in [0, 0.05) is 19.1 Å². The normalized spacial score (nSPS) is 18.8. The Balaban J connectivity index is 2.00. The molecule has 0 radical (unpaired) electrons. The highest BCUT2D eigenvalue weighted by Gasteiger charge is 2.37. The summed E-state index contributed by atoms with van der Waals surface area (Å²) in [5.41, 5.74) is 0. The van der Waals surface area contributed by atoms with Crippen LogP contribution in [0.25, 0.3) is 0 Å². The first-order chi connectivity index (χ1) is 8.74. The number of likely N-dealkylation sites (N-methyl/N-ethyl adjacent to an activating group) is 1. The lowest BCUT2D eigenvalue weighted by Crippen LogP contribution is -2.44. The Morgan fingerprint density at radius 3 is 2.72 bits per heavy atom. The van der Waals surface area contributed by atoms with Crippen molar-refractivity contribution in [1.82, 2.24) is 25.5 Å². The minimum atomic E-state index is 0.277. The van der Waals surface area contributed by atoms with E-state index in [0.717, 1.165) is 25.4 Å². The summed E-state index contributed by atoms with van der Waals surface area (Å²) in [5.74, 6) is 1.49. The Morgan fingerprint density at radius 2 is 2.22 bits per heavy atom. The number of hydrogen-bond acceptors (Lipinski definition) is 5. The Labute approximate surface area is 108 Å². The SMILES string of the molecule is CCNC(Cc1nnn(C)n1)C(OCC)C1CC1. The molecule has 0 amide bonds. The van der Waals surface area contributed by atoms with Gasteiger partial charge in [0.2, 0.25) is 0 Å². The summed E-state index contributed by atoms with van der Waals surface area (Å²) in [6, 6.07) is 0.284. The second-order valence-corrected chi connectivity index (χ2v) is 4.82. The molecule has 1 fully saturated rings. The van der Waals surface area contributed by atoms with Gasteiger partial charge < -0.3 is 10.1 Å². The quantitative estimate of drug-likeness (QED) is 0.733. The summed E-state index contributed by atoms with van der Waals surface area (Å²) in [6.07, 6.45) is 3.61. The van der Waals surface area contributed by atoms with Crippen molar-refractivity contribution in [1.29, 1.82) is 0 Å². The van der Waals surface area contributed by atoms with Crippen LogP contribution in [-0.2, 0) is 18.2 Å². The first-order valence-corrected chi connectivity index (χ1v) is 6.82. The van der Waals surface area contributed by atoms with Gasteiger partial charge in [-0.05, 0) is 37.4 Å². The minimum absolute atomic E-state index is 0.277. The molecule has 0 bridgehead atoms. The van der Waals surface area contributed by atoms with Crippen molar-refractivity contribution in [3.05, 3.63) is 5.82 Å². The van der Waals surface area contributed by atoms with Crippen LogP contribution in [0, 0.1) is 5.92 Å². The molecule has 6 nitrogen and oxygen atoms in total. The van der Waals surface area contributed by atoms with Gasteiger partial charge in [0.15, 0.2) is 5.82 Å². The average Bonchev–Trinajstić information content (AvgIpc) is 3.10. The summed E-state index contributed by atoms with van der Waals surface area (Å²) in [4.78, 5) is 1.51. The Morgan fingerprint density at radius 1 is 1.44 bits per heavy atom. The second-order valence-electron chi connectivity index (χ2n) is 4.82. The molecule has 1 N–H and O–H groups in total. The summed E-state index contributed by atoms with van der Waals surface area (Å²) < 4.78 is 5.91. The standard InChI is InChI=1S/C12H23N5O/c1-4-13-10(8-11-14-16-17(3)15-11)12(18-5-2)9-6-7-9/h9-10,12-13H,4-8H2,1-3H3. The third-order valence-electron chi connectivity index (χ3n) is 3.26. The molecule has 0 saturated heterocycles. The van der Waals surface area contributed by atoms with E-state index in [1.54, 1.807) is 7.05 Å². The number of ether oxygens (including phenoxy) is 1. The highest BCUT2D eigenvalue weighted by molar-refractivity contribution is 4.95. The maximum atomic E-state index is 5.91. The number of aromatic nitrogens is 4. The van der Waals surface area contributed by atoms with Gasteiger partial charge in [0.05, 0.1) is 13.2 Å². The van der Waals surface area contributed by atoms with Crippen molar-refractivity contribution in [2.45, 2.75) is 45.3 Å². The van der Waals surface area contributed by atoms with E-state index in [9.17, 15) is 0 Å². The third kappa shape index (κ3) is 3.49. The van der Waals surface area contributed by atoms with Crippen LogP contribution in [0.15, 0.2) is 0 Å². The number of nitrogens with zero attached hydrogens (tertiary/aromatic N) is 4. The molecule has 2 atom stereocenters. The van der Waals surface area contributed by atoms with E-state index in [4.69, 9.17) is 4.74 Å². The fourth-order valence-electron chi connectivity index (χ4n) is 2.37. The van der Waals surface area contributed by atoms with E-state index in [-0.39, 0.29) is 12.1 Å². The summed E-state index contributed by atoms with van der Waals surface area (Å²) in [7, 11) is 1.79. The summed E-state index contributed by atoms with van der Waals surface area (Å²) >= 11 is 0. The van der Waals surface area contributed by atoms with Gasteiger partial charge in [0.25, 0.3) is 0 Å². The molecule has 0 spiro atoms. The molecule has 2 rings (SSSR count). The number of aryl methyl sites for hydroxylation is 1. The fraction of sp³-hybridized carbons (Fsp3) is 0.917. The highest BCUT2D eigenvalue weighted by Crippen LogP contribution is 2.36. The molecule has 0 aromatic carbocycles. The van der Waals surface area contributed by atoms with Crippen LogP contribution in [0.5, 0.6) is 0 Å². The smallest absolute Gasteiger partial charge is 0.176 e. The van der Waals surface area contributed by atoms with Crippen molar-refractivity contribution in [2.75, 3.05) is 13.2 Å². The highest BCUT2D eigenvalue weighted by atomic mass is 16.5. The second kappa shape index (κ2) is 6.24. The van der Waals surface area contributed by atoms with Crippen molar-refractivity contribution in [3.8, 4) is 0 Å². The van der Waals surface area contributed by atoms with Crippen molar-refractivity contribution in [3.63, 3.8) is 0 Å². The zero-order valence-corrected chi connectivity index (χ0v) is 11.5. The van der Waals surface area contributed by atoms with E-state index in [2.05, 4.69) is 34.6 Å². The molecule has 1 heterocycles. The van der Waals surface area contributed by atoms with Gasteiger partial charge in [-0.25, -0.2) is 0 Å². The predicted octanol–water partition coefficient (Wildman–Crippen LogP) is 0.546. The zero-order valence-electron chi connectivity index (χ0n) is 11.5. The largest absolute Gasteiger partial charge is 0.377 e. The fourth-order valence-corrected chi connectivity index (χ4v) is 2.37. The molecule has 1 aliphatic carbocycles. The predicted molar refractivity (Wildman–Crippen MR) is 68.1 cm³/mol. The first kappa shape index (κ1) is 13.4. The van der Waals surface area contributed by atoms with E-state index in [1.807, 2.05) is 0 Å². The van der Waals surface area contributed by atoms with Crippen LogP contribution in [-0.4, -0.2) is 45.5 Å². The van der Waals surface area contributed by atoms with Gasteiger partial charge in [-0.3, -0.25) is 0 Å². The van der Waals surface area contributed by atoms with E-state index in [1.165, 1.54) is 17.6 Å². The number of tetrazole rings is 1. The molecule has 102 valence electrons. The Hall–Kier alpha value is -1.01. The molecule has 1 aliphatic rings. The van der Waals surface area contributed by atoms with E-state index in [0.29, 0.717) is 5.92 Å². The zero-order chi connectivity index (χ0) is 13.0. The van der Waals surface area contributed by atoms with Gasteiger partial charge in [-0.2, -0.15) is 4.80 Å². The topological polar surface area (TPSA) is 64.9 Å². The summed E-state index contributed by atoms with van der Waals surface area (Å²) in [6.45, 7) is 5.87. The molecule has 1 saturated carbocycles. The average molecular weight is 253 g/mol. The first-order valence-electron chi connectivity index (χ1n) is 6.82. The van der Waals surface area contributed by atoms with Crippen molar-refractivity contribution >= 4 is 0 Å². The van der Waals surface area contributed by atoms with E-state index < -0.39 is 0 Å². The Kier molecular flexibility index (Phi) is 4.66. The molecule has 0 aliphatic heterocycles. The van der Waals surface area contributed by atoms with E-state index >= 15 is 0 Å². The molecule has 2 unspecified atom stereocenters. The monoisotopic (exact) mass is 253 g/mol. The minimum Gasteiger partial charge on any atom is -0.377 e. The molecule has 1 aromatic heterocycles. The maximum absolute atomic E-state index is 5.91.